The smallest absolute Gasteiger partial charge is 0.340 e. The van der Waals surface area contributed by atoms with Crippen LogP contribution in [0.3, 0.4) is 0 Å². The van der Waals surface area contributed by atoms with Gasteiger partial charge in [0, 0.05) is 31.2 Å². The highest BCUT2D eigenvalue weighted by molar-refractivity contribution is 8.00. The number of thioether (sulfide) groups is 1. The van der Waals surface area contributed by atoms with Gasteiger partial charge in [0.25, 0.3) is 5.91 Å². The van der Waals surface area contributed by atoms with Crippen molar-refractivity contribution in [2.75, 3.05) is 31.3 Å². The fourth-order valence-electron chi connectivity index (χ4n) is 3.09. The van der Waals surface area contributed by atoms with E-state index in [2.05, 4.69) is 0 Å². The maximum absolute atomic E-state index is 12.8. The molecule has 2 amide bonds. The zero-order valence-electron chi connectivity index (χ0n) is 16.8. The molecule has 2 aromatic carbocycles. The Bertz CT molecular complexity index is 929. The third kappa shape index (κ3) is 4.79. The number of hydrogen-bond acceptors (Lipinski definition) is 5. The van der Waals surface area contributed by atoms with E-state index in [1.54, 1.807) is 50.2 Å². The summed E-state index contributed by atoms with van der Waals surface area (Å²) < 4.78 is 5.48. The summed E-state index contributed by atoms with van der Waals surface area (Å²) in [4.78, 5) is 41.2. The molecule has 152 valence electrons. The molecule has 1 aliphatic heterocycles. The Morgan fingerprint density at radius 3 is 2.55 bits per heavy atom. The van der Waals surface area contributed by atoms with Crippen LogP contribution in [0.25, 0.3) is 0 Å². The molecule has 6 nitrogen and oxygen atoms in total. The Morgan fingerprint density at radius 2 is 1.79 bits per heavy atom. The van der Waals surface area contributed by atoms with E-state index >= 15 is 0 Å². The minimum Gasteiger partial charge on any atom is -0.449 e. The van der Waals surface area contributed by atoms with E-state index in [9.17, 15) is 14.4 Å². The van der Waals surface area contributed by atoms with Crippen LogP contribution in [0.2, 0.25) is 0 Å². The van der Waals surface area contributed by atoms with E-state index in [1.807, 2.05) is 24.3 Å². The van der Waals surface area contributed by atoms with Crippen molar-refractivity contribution in [2.45, 2.75) is 24.3 Å². The molecule has 2 aromatic rings. The second-order valence-electron chi connectivity index (χ2n) is 6.99. The van der Waals surface area contributed by atoms with E-state index in [4.69, 9.17) is 4.74 Å². The van der Waals surface area contributed by atoms with Crippen LogP contribution in [-0.4, -0.2) is 55.2 Å². The summed E-state index contributed by atoms with van der Waals surface area (Å²) in [5, 5.41) is 0. The van der Waals surface area contributed by atoms with Crippen molar-refractivity contribution in [3.63, 3.8) is 0 Å². The largest absolute Gasteiger partial charge is 0.449 e. The third-order valence-electron chi connectivity index (χ3n) is 4.74. The van der Waals surface area contributed by atoms with Gasteiger partial charge in [0.2, 0.25) is 5.91 Å². The van der Waals surface area contributed by atoms with Crippen molar-refractivity contribution < 1.29 is 19.1 Å². The van der Waals surface area contributed by atoms with Gasteiger partial charge in [-0.2, -0.15) is 0 Å². The predicted octanol–water partition coefficient (Wildman–Crippen LogP) is 3.00. The number of esters is 1. The molecule has 3 rings (SSSR count). The second kappa shape index (κ2) is 9.13. The molecular weight excluding hydrogens is 388 g/mol. The van der Waals surface area contributed by atoms with Gasteiger partial charge in [-0.25, -0.2) is 4.79 Å². The van der Waals surface area contributed by atoms with E-state index < -0.39 is 12.1 Å². The monoisotopic (exact) mass is 412 g/mol. The predicted molar refractivity (Wildman–Crippen MR) is 113 cm³/mol. The fraction of sp³-hybridized carbons (Fsp3) is 0.318. The molecular formula is C22H24N2O4S. The summed E-state index contributed by atoms with van der Waals surface area (Å²) in [7, 11) is 3.37. The van der Waals surface area contributed by atoms with Gasteiger partial charge in [0.05, 0.1) is 11.3 Å². The lowest BCUT2D eigenvalue weighted by Crippen LogP contribution is -2.39. The van der Waals surface area contributed by atoms with Gasteiger partial charge in [0.15, 0.2) is 6.10 Å². The van der Waals surface area contributed by atoms with Crippen molar-refractivity contribution in [3.05, 3.63) is 59.7 Å². The molecule has 1 heterocycles. The van der Waals surface area contributed by atoms with Crippen LogP contribution < -0.4 is 4.90 Å². The minimum absolute atomic E-state index is 0.0468. The molecule has 0 aliphatic carbocycles. The first-order valence-corrected chi connectivity index (χ1v) is 10.4. The highest BCUT2D eigenvalue weighted by Gasteiger charge is 2.30. The molecule has 0 spiro atoms. The summed E-state index contributed by atoms with van der Waals surface area (Å²) >= 11 is 1.28. The van der Waals surface area contributed by atoms with E-state index in [-0.39, 0.29) is 17.6 Å². The standard InChI is InChI=1S/C22H24N2O4S/c1-15(21(26)24-13-12-16-8-4-6-10-18(16)24)28-22(27)17-9-5-7-11-19(17)29-14-20(25)23(2)3/h4-11,15H,12-14H2,1-3H3/t15-/m0/s1. The lowest BCUT2D eigenvalue weighted by atomic mass is 10.2. The number of rotatable bonds is 6. The molecule has 0 bridgehead atoms. The van der Waals surface area contributed by atoms with Crippen LogP contribution in [0.15, 0.2) is 53.4 Å². The van der Waals surface area contributed by atoms with Gasteiger partial charge in [-0.1, -0.05) is 30.3 Å². The molecule has 29 heavy (non-hydrogen) atoms. The van der Waals surface area contributed by atoms with Crippen LogP contribution in [-0.2, 0) is 20.7 Å². The summed E-state index contributed by atoms with van der Waals surface area (Å²) in [6.07, 6.45) is -0.114. The minimum atomic E-state index is -0.907. The van der Waals surface area contributed by atoms with E-state index in [0.717, 1.165) is 17.7 Å². The van der Waals surface area contributed by atoms with Crippen LogP contribution in [0.5, 0.6) is 0 Å². The van der Waals surface area contributed by atoms with Crippen molar-refractivity contribution in [3.8, 4) is 0 Å². The number of ether oxygens (including phenoxy) is 1. The van der Waals surface area contributed by atoms with Crippen molar-refractivity contribution >= 4 is 35.2 Å². The van der Waals surface area contributed by atoms with E-state index in [0.29, 0.717) is 17.0 Å². The first-order valence-electron chi connectivity index (χ1n) is 9.40. The van der Waals surface area contributed by atoms with Gasteiger partial charge in [-0.15, -0.1) is 11.8 Å². The maximum atomic E-state index is 12.8. The van der Waals surface area contributed by atoms with Crippen LogP contribution in [0, 0.1) is 0 Å². The zero-order valence-corrected chi connectivity index (χ0v) is 17.6. The summed E-state index contributed by atoms with van der Waals surface area (Å²) in [6, 6.07) is 14.7. The highest BCUT2D eigenvalue weighted by Crippen LogP contribution is 2.29. The molecule has 1 atom stereocenters. The number of fused-ring (bicyclic) bond motifs is 1. The SMILES string of the molecule is C[C@H](OC(=O)c1ccccc1SCC(=O)N(C)C)C(=O)N1CCc2ccccc21. The fourth-order valence-corrected chi connectivity index (χ4v) is 4.11. The van der Waals surface area contributed by atoms with Crippen molar-refractivity contribution in [1.82, 2.24) is 4.90 Å². The molecule has 0 fully saturated rings. The van der Waals surface area contributed by atoms with Gasteiger partial charge >= 0.3 is 5.97 Å². The third-order valence-corrected chi connectivity index (χ3v) is 5.80. The number of amides is 2. The number of carbonyl (C=O) groups excluding carboxylic acids is 3. The van der Waals surface area contributed by atoms with Crippen molar-refractivity contribution in [2.24, 2.45) is 0 Å². The highest BCUT2D eigenvalue weighted by atomic mass is 32.2. The summed E-state index contributed by atoms with van der Waals surface area (Å²) in [5.74, 6) is -0.638. The van der Waals surface area contributed by atoms with Crippen LogP contribution in [0.1, 0.15) is 22.8 Å². The van der Waals surface area contributed by atoms with Crippen molar-refractivity contribution in [1.29, 1.82) is 0 Å². The number of para-hydroxylation sites is 1. The maximum Gasteiger partial charge on any atom is 0.340 e. The van der Waals surface area contributed by atoms with Gasteiger partial charge in [0.1, 0.15) is 0 Å². The number of anilines is 1. The van der Waals surface area contributed by atoms with Gasteiger partial charge < -0.3 is 14.5 Å². The average Bonchev–Trinajstić information content (AvgIpc) is 3.15. The Kier molecular flexibility index (Phi) is 6.59. The van der Waals surface area contributed by atoms with Gasteiger partial charge in [-0.05, 0) is 37.1 Å². The molecule has 0 N–H and O–H groups in total. The number of benzene rings is 2. The molecule has 0 saturated carbocycles. The first-order chi connectivity index (χ1) is 13.9. The second-order valence-corrected chi connectivity index (χ2v) is 8.01. The molecule has 7 heteroatoms. The molecule has 0 saturated heterocycles. The molecule has 1 aliphatic rings. The normalized spacial score (nSPS) is 13.6. The average molecular weight is 413 g/mol. The molecule has 0 unspecified atom stereocenters. The van der Waals surface area contributed by atoms with Crippen LogP contribution >= 0.6 is 11.8 Å². The Labute approximate surface area is 174 Å². The quantitative estimate of drug-likeness (QED) is 0.539. The summed E-state index contributed by atoms with van der Waals surface area (Å²) in [5.41, 5.74) is 2.34. The van der Waals surface area contributed by atoms with Crippen LogP contribution in [0.4, 0.5) is 5.69 Å². The first kappa shape index (κ1) is 20.9. The Hall–Kier alpha value is -2.80. The van der Waals surface area contributed by atoms with E-state index in [1.165, 1.54) is 16.7 Å². The Morgan fingerprint density at radius 1 is 1.10 bits per heavy atom. The number of hydrogen-bond donors (Lipinski definition) is 0. The number of carbonyl (C=O) groups is 3. The lowest BCUT2D eigenvalue weighted by molar-refractivity contribution is -0.126. The molecule has 0 aromatic heterocycles. The lowest BCUT2D eigenvalue weighted by Gasteiger charge is -2.22. The van der Waals surface area contributed by atoms with Gasteiger partial charge in [-0.3, -0.25) is 9.59 Å². The zero-order chi connectivity index (χ0) is 21.0. The molecule has 0 radical (unpaired) electrons. The summed E-state index contributed by atoms with van der Waals surface area (Å²) in [6.45, 7) is 2.17. The Balaban J connectivity index is 1.67. The number of nitrogens with zero attached hydrogens (tertiary/aromatic N) is 2. The topological polar surface area (TPSA) is 66.9 Å².